The summed E-state index contributed by atoms with van der Waals surface area (Å²) in [6, 6.07) is 22.8. The van der Waals surface area contributed by atoms with E-state index in [0.29, 0.717) is 6.61 Å². The van der Waals surface area contributed by atoms with Crippen molar-refractivity contribution in [1.29, 1.82) is 0 Å². The van der Waals surface area contributed by atoms with Crippen molar-refractivity contribution in [2.45, 2.75) is 12.1 Å². The molecule has 1 N–H and O–H groups in total. The van der Waals surface area contributed by atoms with Crippen LogP contribution in [0.4, 0.5) is 0 Å². The van der Waals surface area contributed by atoms with Crippen LogP contribution in [0, 0.1) is 0 Å². The van der Waals surface area contributed by atoms with Gasteiger partial charge in [0, 0.05) is 16.5 Å². The summed E-state index contributed by atoms with van der Waals surface area (Å²) in [7, 11) is 0. The maximum Gasteiger partial charge on any atom is 0.214 e. The molecular formula is C22H18N4OS. The van der Waals surface area contributed by atoms with Crippen molar-refractivity contribution in [1.82, 2.24) is 14.9 Å². The number of nitrogens with zero attached hydrogens (tertiary/aromatic N) is 3. The maximum absolute atomic E-state index is 5.53. The Bertz CT molecular complexity index is 1180. The molecule has 1 aromatic heterocycles. The van der Waals surface area contributed by atoms with Gasteiger partial charge in [0.15, 0.2) is 5.82 Å². The van der Waals surface area contributed by atoms with E-state index in [-0.39, 0.29) is 0 Å². The highest BCUT2D eigenvalue weighted by atomic mass is 32.2. The number of hydrogen-bond donors (Lipinski definition) is 1. The number of hydrogen-bond acceptors (Lipinski definition) is 5. The van der Waals surface area contributed by atoms with Gasteiger partial charge in [-0.2, -0.15) is 0 Å². The quantitative estimate of drug-likeness (QED) is 0.526. The summed E-state index contributed by atoms with van der Waals surface area (Å²) in [5.74, 6) is 1.63. The number of ether oxygens (including phenoxy) is 1. The van der Waals surface area contributed by atoms with Gasteiger partial charge in [0.05, 0.1) is 12.3 Å². The molecule has 3 aromatic carbocycles. The van der Waals surface area contributed by atoms with Gasteiger partial charge in [0.25, 0.3) is 0 Å². The lowest BCUT2D eigenvalue weighted by molar-refractivity contribution is 0.340. The van der Waals surface area contributed by atoms with Crippen molar-refractivity contribution in [2.75, 3.05) is 12.0 Å². The molecule has 0 radical (unpaired) electrons. The number of rotatable bonds is 4. The zero-order valence-corrected chi connectivity index (χ0v) is 16.1. The molecule has 0 saturated heterocycles. The Labute approximate surface area is 167 Å². The fraction of sp³-hybridized carbons (Fsp3) is 0.0909. The number of thioether (sulfide) groups is 1. The molecule has 6 heteroatoms. The lowest BCUT2D eigenvalue weighted by Crippen LogP contribution is -2.18. The van der Waals surface area contributed by atoms with Crippen molar-refractivity contribution in [3.05, 3.63) is 77.7 Å². The van der Waals surface area contributed by atoms with Gasteiger partial charge >= 0.3 is 0 Å². The first-order chi connectivity index (χ1) is 13.8. The van der Waals surface area contributed by atoms with E-state index in [1.807, 2.05) is 35.9 Å². The minimum atomic E-state index is 0.651. The molecule has 0 bridgehead atoms. The Morgan fingerprint density at radius 3 is 2.54 bits per heavy atom. The first-order valence-electron chi connectivity index (χ1n) is 9.13. The molecule has 0 spiro atoms. The van der Waals surface area contributed by atoms with Crippen LogP contribution in [0.5, 0.6) is 5.75 Å². The first kappa shape index (κ1) is 16.9. The van der Waals surface area contributed by atoms with E-state index in [9.17, 15) is 0 Å². The largest absolute Gasteiger partial charge is 0.494 e. The van der Waals surface area contributed by atoms with Crippen LogP contribution in [0.1, 0.15) is 12.5 Å². The molecule has 0 amide bonds. The molecule has 2 heterocycles. The Hall–Kier alpha value is -3.25. The second-order valence-corrected chi connectivity index (χ2v) is 7.26. The molecule has 0 unspecified atom stereocenters. The van der Waals surface area contributed by atoms with Crippen molar-refractivity contribution < 1.29 is 4.74 Å². The number of nitrogens with one attached hydrogen (secondary N) is 1. The van der Waals surface area contributed by atoms with Crippen LogP contribution in [0.25, 0.3) is 27.9 Å². The van der Waals surface area contributed by atoms with Gasteiger partial charge in [-0.15, -0.1) is 10.2 Å². The lowest BCUT2D eigenvalue weighted by Gasteiger charge is -2.19. The van der Waals surface area contributed by atoms with Crippen molar-refractivity contribution >= 4 is 28.2 Å². The molecular weight excluding hydrogens is 368 g/mol. The summed E-state index contributed by atoms with van der Waals surface area (Å²) < 4.78 is 7.46. The monoisotopic (exact) mass is 386 g/mol. The van der Waals surface area contributed by atoms with Gasteiger partial charge < -0.3 is 4.74 Å². The van der Waals surface area contributed by atoms with E-state index < -0.39 is 0 Å². The molecule has 28 heavy (non-hydrogen) atoms. The van der Waals surface area contributed by atoms with E-state index >= 15 is 0 Å². The average molecular weight is 386 g/mol. The highest BCUT2D eigenvalue weighted by Crippen LogP contribution is 2.32. The Balaban J connectivity index is 1.47. The number of fused-ring (bicyclic) bond motifs is 2. The maximum atomic E-state index is 5.53. The molecule has 4 aromatic rings. The van der Waals surface area contributed by atoms with Gasteiger partial charge in [0.2, 0.25) is 5.16 Å². The van der Waals surface area contributed by atoms with Crippen molar-refractivity contribution in [3.63, 3.8) is 0 Å². The lowest BCUT2D eigenvalue weighted by atomic mass is 10.1. The van der Waals surface area contributed by atoms with Gasteiger partial charge in [-0.3, -0.25) is 5.43 Å². The Morgan fingerprint density at radius 2 is 1.71 bits per heavy atom. The van der Waals surface area contributed by atoms with Crippen LogP contribution in [0.2, 0.25) is 0 Å². The number of aromatic nitrogens is 3. The average Bonchev–Trinajstić information content (AvgIpc) is 3.17. The van der Waals surface area contributed by atoms with E-state index in [0.717, 1.165) is 33.6 Å². The van der Waals surface area contributed by atoms with E-state index in [2.05, 4.69) is 63.5 Å². The third-order valence-corrected chi connectivity index (χ3v) is 5.46. The molecule has 1 aliphatic heterocycles. The van der Waals surface area contributed by atoms with E-state index in [4.69, 9.17) is 4.74 Å². The molecule has 0 atom stereocenters. The number of benzene rings is 3. The highest BCUT2D eigenvalue weighted by molar-refractivity contribution is 8.02. The van der Waals surface area contributed by atoms with Crippen molar-refractivity contribution in [3.8, 4) is 17.1 Å². The second-order valence-electron chi connectivity index (χ2n) is 6.42. The molecule has 0 aliphatic carbocycles. The SMILES string of the molecule is CCOc1ccc(-c2nnc3n2NC(c2ccc4ccccc4c2)=CS3)cc1. The van der Waals surface area contributed by atoms with Gasteiger partial charge in [-0.25, -0.2) is 4.68 Å². The molecule has 138 valence electrons. The van der Waals surface area contributed by atoms with E-state index in [1.54, 1.807) is 11.8 Å². The Kier molecular flexibility index (Phi) is 4.25. The summed E-state index contributed by atoms with van der Waals surface area (Å²) in [5, 5.41) is 14.0. The van der Waals surface area contributed by atoms with Crippen LogP contribution < -0.4 is 10.2 Å². The predicted octanol–water partition coefficient (Wildman–Crippen LogP) is 5.14. The second kappa shape index (κ2) is 7.05. The van der Waals surface area contributed by atoms with Crippen LogP contribution in [0.3, 0.4) is 0 Å². The van der Waals surface area contributed by atoms with Crippen LogP contribution in [-0.4, -0.2) is 21.5 Å². The van der Waals surface area contributed by atoms with Gasteiger partial charge in [0.1, 0.15) is 5.75 Å². The summed E-state index contributed by atoms with van der Waals surface area (Å²) >= 11 is 1.56. The summed E-state index contributed by atoms with van der Waals surface area (Å²) in [4.78, 5) is 0. The van der Waals surface area contributed by atoms with Gasteiger partial charge in [-0.05, 0) is 48.0 Å². The zero-order valence-electron chi connectivity index (χ0n) is 15.3. The van der Waals surface area contributed by atoms with Crippen LogP contribution in [0.15, 0.2) is 77.3 Å². The normalized spacial score (nSPS) is 13.0. The van der Waals surface area contributed by atoms with Crippen LogP contribution >= 0.6 is 11.8 Å². The third kappa shape index (κ3) is 3.01. The molecule has 0 fully saturated rings. The third-order valence-electron chi connectivity index (χ3n) is 4.63. The predicted molar refractivity (Wildman–Crippen MR) is 114 cm³/mol. The first-order valence-corrected chi connectivity index (χ1v) is 10.0. The molecule has 1 aliphatic rings. The molecule has 0 saturated carbocycles. The standard InChI is InChI=1S/C22H18N4OS/c1-2-27-19-11-9-16(10-12-19)21-23-24-22-26(21)25-20(14-28-22)18-8-7-15-5-3-4-6-17(15)13-18/h3-14,25H,2H2,1H3. The minimum Gasteiger partial charge on any atom is -0.494 e. The van der Waals surface area contributed by atoms with Gasteiger partial charge in [-0.1, -0.05) is 48.2 Å². The summed E-state index contributed by atoms with van der Waals surface area (Å²) in [6.45, 7) is 2.63. The fourth-order valence-corrected chi connectivity index (χ4v) is 3.99. The zero-order chi connectivity index (χ0) is 18.9. The minimum absolute atomic E-state index is 0.651. The summed E-state index contributed by atoms with van der Waals surface area (Å²) in [6.07, 6.45) is 0. The highest BCUT2D eigenvalue weighted by Gasteiger charge is 2.19. The summed E-state index contributed by atoms with van der Waals surface area (Å²) in [5.41, 5.74) is 6.60. The van der Waals surface area contributed by atoms with Crippen molar-refractivity contribution in [2.24, 2.45) is 0 Å². The van der Waals surface area contributed by atoms with E-state index in [1.165, 1.54) is 10.8 Å². The Morgan fingerprint density at radius 1 is 0.929 bits per heavy atom. The molecule has 5 rings (SSSR count). The molecule has 5 nitrogen and oxygen atoms in total. The van der Waals surface area contributed by atoms with Crippen LogP contribution in [-0.2, 0) is 0 Å². The smallest absolute Gasteiger partial charge is 0.214 e. The topological polar surface area (TPSA) is 52.0 Å². The fourth-order valence-electron chi connectivity index (χ4n) is 3.25.